The number of carbonyl (C=O) groups excluding carboxylic acids is 2. The third-order valence-corrected chi connectivity index (χ3v) is 6.25. The lowest BCUT2D eigenvalue weighted by Gasteiger charge is -2.62. The van der Waals surface area contributed by atoms with Gasteiger partial charge in [-0.25, -0.2) is 9.37 Å². The van der Waals surface area contributed by atoms with Crippen molar-refractivity contribution in [1.29, 1.82) is 0 Å². The third kappa shape index (κ3) is 2.70. The maximum atomic E-state index is 14.2. The highest BCUT2D eigenvalue weighted by atomic mass is 19.1. The zero-order valence-electron chi connectivity index (χ0n) is 17.1. The van der Waals surface area contributed by atoms with Crippen molar-refractivity contribution < 1.29 is 14.0 Å². The number of hydrogen-bond donors (Lipinski definition) is 1. The first-order valence-corrected chi connectivity index (χ1v) is 9.95. The van der Waals surface area contributed by atoms with Crippen molar-refractivity contribution >= 4 is 34.4 Å². The Labute approximate surface area is 172 Å². The number of aromatic nitrogens is 3. The quantitative estimate of drug-likeness (QED) is 0.652. The Balaban J connectivity index is 1.55. The fourth-order valence-corrected chi connectivity index (χ4v) is 4.63. The van der Waals surface area contributed by atoms with E-state index in [9.17, 15) is 14.0 Å². The lowest BCUT2D eigenvalue weighted by atomic mass is 9.49. The van der Waals surface area contributed by atoms with Crippen LogP contribution in [-0.2, 0) is 5.54 Å². The number of rotatable bonds is 5. The summed E-state index contributed by atoms with van der Waals surface area (Å²) in [6, 6.07) is 6.17. The molecule has 8 heteroatoms. The Morgan fingerprint density at radius 2 is 1.97 bits per heavy atom. The largest absolute Gasteiger partial charge is 0.343 e. The van der Waals surface area contributed by atoms with Crippen molar-refractivity contribution in [3.05, 3.63) is 47.5 Å². The van der Waals surface area contributed by atoms with E-state index in [-0.39, 0.29) is 22.8 Å². The number of nitrogens with zero attached hydrogens (tertiary/aromatic N) is 4. The molecule has 2 aromatic heterocycles. The van der Waals surface area contributed by atoms with Crippen LogP contribution >= 0.6 is 0 Å². The Morgan fingerprint density at radius 1 is 1.23 bits per heavy atom. The van der Waals surface area contributed by atoms with Crippen molar-refractivity contribution in [2.45, 2.75) is 31.7 Å². The molecule has 3 fully saturated rings. The van der Waals surface area contributed by atoms with Crippen LogP contribution in [-0.4, -0.2) is 45.2 Å². The zero-order valence-corrected chi connectivity index (χ0v) is 17.1. The first kappa shape index (κ1) is 18.7. The fourth-order valence-electron chi connectivity index (χ4n) is 4.63. The topological polar surface area (TPSA) is 80.1 Å². The van der Waals surface area contributed by atoms with Crippen LogP contribution in [0.25, 0.3) is 11.0 Å². The predicted octanol–water partition coefficient (Wildman–Crippen LogP) is 3.73. The van der Waals surface area contributed by atoms with Gasteiger partial charge in [0.25, 0.3) is 5.91 Å². The molecule has 0 spiro atoms. The van der Waals surface area contributed by atoms with E-state index in [4.69, 9.17) is 0 Å². The van der Waals surface area contributed by atoms with Gasteiger partial charge in [0.1, 0.15) is 17.2 Å². The van der Waals surface area contributed by atoms with Gasteiger partial charge in [-0.15, -0.1) is 0 Å². The third-order valence-electron chi connectivity index (χ3n) is 6.25. The minimum atomic E-state index is -0.593. The number of Topliss-reactive ketones (excluding diaryl/α,β-unsaturated/α-hetero) is 1. The molecule has 1 aromatic carbocycles. The van der Waals surface area contributed by atoms with E-state index in [1.165, 1.54) is 19.1 Å². The molecule has 3 aliphatic carbocycles. The minimum absolute atomic E-state index is 0.0334. The Bertz CT molecular complexity index is 1200. The van der Waals surface area contributed by atoms with Crippen molar-refractivity contribution in [2.24, 2.45) is 5.92 Å². The van der Waals surface area contributed by atoms with E-state index in [0.717, 1.165) is 30.6 Å². The van der Waals surface area contributed by atoms with E-state index < -0.39 is 5.82 Å². The van der Waals surface area contributed by atoms with Gasteiger partial charge in [-0.3, -0.25) is 9.59 Å². The molecule has 3 saturated carbocycles. The summed E-state index contributed by atoms with van der Waals surface area (Å²) in [5.74, 6) is 0.0734. The average molecular weight is 407 g/mol. The van der Waals surface area contributed by atoms with E-state index in [0.29, 0.717) is 23.0 Å². The number of nitrogens with one attached hydrogen (secondary N) is 1. The highest BCUT2D eigenvalue weighted by Gasteiger charge is 2.59. The van der Waals surface area contributed by atoms with E-state index in [2.05, 4.69) is 19.9 Å². The molecule has 7 nitrogen and oxygen atoms in total. The van der Waals surface area contributed by atoms with Crippen LogP contribution in [0.3, 0.4) is 0 Å². The minimum Gasteiger partial charge on any atom is -0.343 e. The van der Waals surface area contributed by atoms with Gasteiger partial charge in [0.2, 0.25) is 5.95 Å². The maximum Gasteiger partial charge on any atom is 0.270 e. The summed E-state index contributed by atoms with van der Waals surface area (Å²) in [7, 11) is 3.48. The molecule has 6 rings (SSSR count). The van der Waals surface area contributed by atoms with Gasteiger partial charge in [-0.05, 0) is 56.4 Å². The molecule has 0 atom stereocenters. The summed E-state index contributed by atoms with van der Waals surface area (Å²) >= 11 is 0. The van der Waals surface area contributed by atoms with Gasteiger partial charge in [-0.2, -0.15) is 4.98 Å². The molecule has 3 aliphatic rings. The maximum absolute atomic E-state index is 14.2. The van der Waals surface area contributed by atoms with Gasteiger partial charge in [-0.1, -0.05) is 0 Å². The van der Waals surface area contributed by atoms with Crippen LogP contribution in [0, 0.1) is 11.7 Å². The molecule has 0 radical (unpaired) electrons. The number of anilines is 2. The molecule has 3 aromatic rings. The standard InChI is InChI=1S/C22H22FN5O2/c1-12(29)16-5-4-15(7-17(16)23)25-21-24-11-14-6-18(20(30)27(2)3)28(19(14)26-21)22-8-13(9-22)10-22/h4-7,11,13H,8-10H2,1-3H3,(H,24,25,26). The molecule has 154 valence electrons. The summed E-state index contributed by atoms with van der Waals surface area (Å²) < 4.78 is 16.2. The second-order valence-electron chi connectivity index (χ2n) is 8.62. The predicted molar refractivity (Wildman–Crippen MR) is 111 cm³/mol. The lowest BCUT2D eigenvalue weighted by molar-refractivity contribution is -0.0870. The number of hydrogen-bond acceptors (Lipinski definition) is 5. The van der Waals surface area contributed by atoms with E-state index in [1.54, 1.807) is 31.3 Å². The smallest absolute Gasteiger partial charge is 0.270 e. The van der Waals surface area contributed by atoms with Crippen molar-refractivity contribution in [3.63, 3.8) is 0 Å². The molecule has 1 amide bonds. The van der Waals surface area contributed by atoms with Crippen molar-refractivity contribution in [2.75, 3.05) is 19.4 Å². The summed E-state index contributed by atoms with van der Waals surface area (Å²) in [5.41, 5.74) is 1.79. The van der Waals surface area contributed by atoms with Gasteiger partial charge >= 0.3 is 0 Å². The van der Waals surface area contributed by atoms with Crippen LogP contribution in [0.2, 0.25) is 0 Å². The highest BCUT2D eigenvalue weighted by Crippen LogP contribution is 2.63. The second-order valence-corrected chi connectivity index (χ2v) is 8.62. The first-order valence-electron chi connectivity index (χ1n) is 9.95. The summed E-state index contributed by atoms with van der Waals surface area (Å²) in [4.78, 5) is 34.8. The molecule has 0 saturated heterocycles. The lowest BCUT2D eigenvalue weighted by Crippen LogP contribution is -2.60. The van der Waals surface area contributed by atoms with E-state index >= 15 is 0 Å². The van der Waals surface area contributed by atoms with Crippen LogP contribution in [0.15, 0.2) is 30.5 Å². The Hall–Kier alpha value is -3.29. The first-order chi connectivity index (χ1) is 14.3. The average Bonchev–Trinajstić information content (AvgIpc) is 2.97. The second kappa shape index (κ2) is 6.35. The van der Waals surface area contributed by atoms with Crippen LogP contribution < -0.4 is 5.32 Å². The normalized spacial score (nSPS) is 21.7. The number of halogens is 1. The molecule has 2 bridgehead atoms. The molecule has 30 heavy (non-hydrogen) atoms. The monoisotopic (exact) mass is 407 g/mol. The molecule has 2 heterocycles. The van der Waals surface area contributed by atoms with Crippen molar-refractivity contribution in [3.8, 4) is 0 Å². The van der Waals surface area contributed by atoms with Gasteiger partial charge in [0.15, 0.2) is 5.78 Å². The molecular formula is C22H22FN5O2. The Kier molecular flexibility index (Phi) is 3.96. The van der Waals surface area contributed by atoms with Crippen molar-refractivity contribution in [1.82, 2.24) is 19.4 Å². The molecule has 1 N–H and O–H groups in total. The Morgan fingerprint density at radius 3 is 2.53 bits per heavy atom. The molecule has 0 aliphatic heterocycles. The SMILES string of the molecule is CC(=O)c1ccc(Nc2ncc3cc(C(=O)N(C)C)n(C45CC(C4)C5)c3n2)cc1F. The van der Waals surface area contributed by atoms with Crippen LogP contribution in [0.5, 0.6) is 0 Å². The number of carbonyl (C=O) groups is 2. The van der Waals surface area contributed by atoms with Crippen LogP contribution in [0.1, 0.15) is 47.0 Å². The fraction of sp³-hybridized carbons (Fsp3) is 0.364. The summed E-state index contributed by atoms with van der Waals surface area (Å²) in [6.07, 6.45) is 4.87. The van der Waals surface area contributed by atoms with Gasteiger partial charge in [0, 0.05) is 36.9 Å². The van der Waals surface area contributed by atoms with Gasteiger partial charge in [0.05, 0.1) is 5.56 Å². The molecule has 0 unspecified atom stereocenters. The summed E-state index contributed by atoms with van der Waals surface area (Å²) in [5, 5.41) is 3.81. The number of benzene rings is 1. The van der Waals surface area contributed by atoms with Crippen LogP contribution in [0.4, 0.5) is 16.0 Å². The number of amides is 1. The van der Waals surface area contributed by atoms with Gasteiger partial charge < -0.3 is 14.8 Å². The zero-order chi connectivity index (χ0) is 21.2. The van der Waals surface area contributed by atoms with E-state index in [1.807, 2.05) is 6.07 Å². The molecular weight excluding hydrogens is 385 g/mol. The number of fused-ring (bicyclic) bond motifs is 1. The summed E-state index contributed by atoms with van der Waals surface area (Å²) in [6.45, 7) is 1.33. The highest BCUT2D eigenvalue weighted by molar-refractivity contribution is 5.98. The number of ketones is 1.